The molecule has 6 nitrogen and oxygen atoms in total. The molecule has 0 saturated carbocycles. The first-order valence-corrected chi connectivity index (χ1v) is 8.14. The average molecular weight is 367 g/mol. The number of halogens is 1. The topological polar surface area (TPSA) is 76.0 Å². The maximum atomic E-state index is 12.0. The van der Waals surface area contributed by atoms with Gasteiger partial charge in [-0.1, -0.05) is 41.9 Å². The van der Waals surface area contributed by atoms with Crippen LogP contribution in [0.2, 0.25) is 5.02 Å². The molecule has 0 aliphatic carbocycles. The van der Waals surface area contributed by atoms with Gasteiger partial charge in [-0.15, -0.1) is 0 Å². The molecule has 0 radical (unpaired) electrons. The highest BCUT2D eigenvalue weighted by Crippen LogP contribution is 2.14. The zero-order valence-corrected chi connectivity index (χ0v) is 14.4. The van der Waals surface area contributed by atoms with E-state index in [1.165, 1.54) is 6.08 Å². The Balaban J connectivity index is 1.56. The van der Waals surface area contributed by atoms with Crippen LogP contribution in [-0.4, -0.2) is 21.6 Å². The maximum Gasteiger partial charge on any atom is 0.271 e. The van der Waals surface area contributed by atoms with Gasteiger partial charge in [0.25, 0.3) is 11.8 Å². The number of benzene rings is 2. The van der Waals surface area contributed by atoms with Crippen molar-refractivity contribution in [2.75, 3.05) is 0 Å². The summed E-state index contributed by atoms with van der Waals surface area (Å²) in [6.07, 6.45) is 6.34. The summed E-state index contributed by atoms with van der Waals surface area (Å²) >= 11 is 5.93. The Hall–Kier alpha value is -3.38. The number of nitrogens with one attached hydrogen (secondary N) is 2. The number of carbonyl (C=O) groups is 2. The van der Waals surface area contributed by atoms with Crippen molar-refractivity contribution in [1.29, 1.82) is 0 Å². The fraction of sp³-hybridized carbons (Fsp3) is 0. The molecule has 1 aromatic heterocycles. The van der Waals surface area contributed by atoms with E-state index >= 15 is 0 Å². The number of amides is 2. The van der Waals surface area contributed by atoms with Crippen molar-refractivity contribution >= 4 is 29.5 Å². The van der Waals surface area contributed by atoms with Gasteiger partial charge in [0.05, 0.1) is 22.5 Å². The molecule has 130 valence electrons. The lowest BCUT2D eigenvalue weighted by molar-refractivity contribution is -0.117. The molecule has 0 unspecified atom stereocenters. The first kappa shape index (κ1) is 17.4. The number of rotatable bonds is 4. The van der Waals surface area contributed by atoms with Crippen LogP contribution in [0.4, 0.5) is 0 Å². The third kappa shape index (κ3) is 4.37. The van der Waals surface area contributed by atoms with E-state index in [2.05, 4.69) is 16.0 Å². The van der Waals surface area contributed by atoms with E-state index < -0.39 is 11.8 Å². The van der Waals surface area contributed by atoms with Gasteiger partial charge in [0.1, 0.15) is 0 Å². The minimum absolute atomic E-state index is 0.280. The number of hydrogen-bond acceptors (Lipinski definition) is 3. The van der Waals surface area contributed by atoms with Crippen molar-refractivity contribution in [3.8, 4) is 5.69 Å². The molecule has 0 fully saturated rings. The molecule has 2 amide bonds. The number of hydrazine groups is 1. The van der Waals surface area contributed by atoms with Crippen molar-refractivity contribution < 1.29 is 9.59 Å². The molecule has 0 bridgehead atoms. The Bertz CT molecular complexity index is 951. The van der Waals surface area contributed by atoms with Crippen molar-refractivity contribution in [1.82, 2.24) is 20.6 Å². The highest BCUT2D eigenvalue weighted by molar-refractivity contribution is 6.33. The van der Waals surface area contributed by atoms with Crippen LogP contribution in [-0.2, 0) is 4.79 Å². The number of para-hydroxylation sites is 1. The summed E-state index contributed by atoms with van der Waals surface area (Å²) in [5.74, 6) is -0.966. The molecular weight excluding hydrogens is 352 g/mol. The Morgan fingerprint density at radius 3 is 2.50 bits per heavy atom. The van der Waals surface area contributed by atoms with Gasteiger partial charge in [-0.25, -0.2) is 4.68 Å². The van der Waals surface area contributed by atoms with Crippen LogP contribution in [0.15, 0.2) is 73.1 Å². The first-order chi connectivity index (χ1) is 12.6. The fourth-order valence-corrected chi connectivity index (χ4v) is 2.41. The van der Waals surface area contributed by atoms with E-state index in [0.29, 0.717) is 5.02 Å². The summed E-state index contributed by atoms with van der Waals surface area (Å²) in [6, 6.07) is 16.2. The average Bonchev–Trinajstić information content (AvgIpc) is 3.14. The monoisotopic (exact) mass is 366 g/mol. The molecular formula is C19H15ClN4O2. The van der Waals surface area contributed by atoms with Gasteiger partial charge < -0.3 is 0 Å². The second kappa shape index (κ2) is 8.13. The van der Waals surface area contributed by atoms with Crippen molar-refractivity contribution in [3.63, 3.8) is 0 Å². The SMILES string of the molecule is O=C(/C=C/c1cnn(-c2ccccc2)c1)NNC(=O)c1ccccc1Cl. The highest BCUT2D eigenvalue weighted by atomic mass is 35.5. The molecule has 2 N–H and O–H groups in total. The normalized spacial score (nSPS) is 10.7. The lowest BCUT2D eigenvalue weighted by Gasteiger charge is -2.06. The highest BCUT2D eigenvalue weighted by Gasteiger charge is 2.09. The Labute approximate surface area is 155 Å². The van der Waals surface area contributed by atoms with E-state index in [0.717, 1.165) is 11.3 Å². The van der Waals surface area contributed by atoms with Gasteiger partial charge in [-0.2, -0.15) is 5.10 Å². The van der Waals surface area contributed by atoms with Crippen LogP contribution in [0.3, 0.4) is 0 Å². The smallest absolute Gasteiger partial charge is 0.268 e. The van der Waals surface area contributed by atoms with Gasteiger partial charge >= 0.3 is 0 Å². The lowest BCUT2D eigenvalue weighted by atomic mass is 10.2. The number of carbonyl (C=O) groups excluding carboxylic acids is 2. The molecule has 26 heavy (non-hydrogen) atoms. The third-order valence-corrected chi connectivity index (χ3v) is 3.80. The van der Waals surface area contributed by atoms with Crippen LogP contribution in [0.5, 0.6) is 0 Å². The molecule has 0 aliphatic rings. The summed E-state index contributed by atoms with van der Waals surface area (Å²) in [6.45, 7) is 0. The van der Waals surface area contributed by atoms with Crippen LogP contribution >= 0.6 is 11.6 Å². The van der Waals surface area contributed by atoms with Gasteiger partial charge in [0, 0.05) is 17.8 Å². The summed E-state index contributed by atoms with van der Waals surface area (Å²) < 4.78 is 1.71. The van der Waals surface area contributed by atoms with Crippen LogP contribution in [0.25, 0.3) is 11.8 Å². The Kier molecular flexibility index (Phi) is 5.46. The zero-order chi connectivity index (χ0) is 18.4. The minimum Gasteiger partial charge on any atom is -0.268 e. The quantitative estimate of drug-likeness (QED) is 0.550. The molecule has 3 rings (SSSR count). The molecule has 0 aliphatic heterocycles. The second-order valence-electron chi connectivity index (χ2n) is 5.31. The molecule has 3 aromatic rings. The van der Waals surface area contributed by atoms with Crippen molar-refractivity contribution in [2.45, 2.75) is 0 Å². The largest absolute Gasteiger partial charge is 0.271 e. The summed E-state index contributed by atoms with van der Waals surface area (Å²) in [4.78, 5) is 23.8. The maximum absolute atomic E-state index is 12.0. The molecule has 1 heterocycles. The summed E-state index contributed by atoms with van der Waals surface area (Å²) in [5.41, 5.74) is 6.57. The summed E-state index contributed by atoms with van der Waals surface area (Å²) in [5, 5.41) is 4.55. The Morgan fingerprint density at radius 2 is 1.73 bits per heavy atom. The van der Waals surface area contributed by atoms with E-state index in [9.17, 15) is 9.59 Å². The second-order valence-corrected chi connectivity index (χ2v) is 5.72. The van der Waals surface area contributed by atoms with Gasteiger partial charge in [-0.3, -0.25) is 20.4 Å². The lowest BCUT2D eigenvalue weighted by Crippen LogP contribution is -2.40. The molecule has 0 atom stereocenters. The van der Waals surface area contributed by atoms with E-state index in [1.807, 2.05) is 30.3 Å². The summed E-state index contributed by atoms with van der Waals surface area (Å²) in [7, 11) is 0. The van der Waals surface area contributed by atoms with E-state index in [-0.39, 0.29) is 5.56 Å². The predicted octanol–water partition coefficient (Wildman–Crippen LogP) is 3.00. The van der Waals surface area contributed by atoms with Crippen LogP contribution < -0.4 is 10.9 Å². The van der Waals surface area contributed by atoms with E-state index in [4.69, 9.17) is 11.6 Å². The molecule has 0 saturated heterocycles. The molecule has 2 aromatic carbocycles. The fourth-order valence-electron chi connectivity index (χ4n) is 2.19. The van der Waals surface area contributed by atoms with Crippen molar-refractivity contribution in [3.05, 3.63) is 89.2 Å². The molecule has 7 heteroatoms. The van der Waals surface area contributed by atoms with Gasteiger partial charge in [0.2, 0.25) is 0 Å². The molecule has 0 spiro atoms. The van der Waals surface area contributed by atoms with Crippen molar-refractivity contribution in [2.24, 2.45) is 0 Å². The zero-order valence-electron chi connectivity index (χ0n) is 13.6. The first-order valence-electron chi connectivity index (χ1n) is 7.76. The predicted molar refractivity (Wildman–Crippen MR) is 99.7 cm³/mol. The standard InChI is InChI=1S/C19H15ClN4O2/c20-17-9-5-4-8-16(17)19(26)23-22-18(25)11-10-14-12-21-24(13-14)15-6-2-1-3-7-15/h1-13H,(H,22,25)(H,23,26)/b11-10+. The van der Waals surface area contributed by atoms with Crippen LogP contribution in [0.1, 0.15) is 15.9 Å². The van der Waals surface area contributed by atoms with Gasteiger partial charge in [-0.05, 0) is 30.3 Å². The minimum atomic E-state index is -0.491. The number of nitrogens with zero attached hydrogens (tertiary/aromatic N) is 2. The number of aromatic nitrogens is 2. The Morgan fingerprint density at radius 1 is 1.00 bits per heavy atom. The van der Waals surface area contributed by atoms with Crippen LogP contribution in [0, 0.1) is 0 Å². The van der Waals surface area contributed by atoms with Gasteiger partial charge in [0.15, 0.2) is 0 Å². The number of hydrogen-bond donors (Lipinski definition) is 2. The third-order valence-electron chi connectivity index (χ3n) is 3.47. The van der Waals surface area contributed by atoms with E-state index in [1.54, 1.807) is 47.4 Å².